The first kappa shape index (κ1) is 6.73. The average molecular weight is 141 g/mol. The standard InChI is InChI=1S/C5H7N3O2/c1-2-10-5-6-4(3-9)7-8-5/h3H,2H2,1H3,(H,6,7,8). The van der Waals surface area contributed by atoms with Gasteiger partial charge in [-0.1, -0.05) is 0 Å². The number of rotatable bonds is 3. The van der Waals surface area contributed by atoms with Crippen LogP contribution in [0.5, 0.6) is 6.01 Å². The molecule has 0 aliphatic rings. The summed E-state index contributed by atoms with van der Waals surface area (Å²) >= 11 is 0. The molecule has 0 amide bonds. The monoisotopic (exact) mass is 141 g/mol. The number of nitrogens with one attached hydrogen (secondary N) is 1. The van der Waals surface area contributed by atoms with Gasteiger partial charge in [0.25, 0.3) is 0 Å². The summed E-state index contributed by atoms with van der Waals surface area (Å²) in [7, 11) is 0. The van der Waals surface area contributed by atoms with E-state index in [9.17, 15) is 4.79 Å². The Hall–Kier alpha value is -1.39. The molecule has 0 aliphatic carbocycles. The molecule has 1 aromatic rings. The van der Waals surface area contributed by atoms with Crippen LogP contribution in [-0.4, -0.2) is 28.1 Å². The van der Waals surface area contributed by atoms with Gasteiger partial charge in [-0.25, -0.2) is 0 Å². The normalized spacial score (nSPS) is 9.30. The Bertz CT molecular complexity index is 220. The second kappa shape index (κ2) is 2.95. The first-order valence-corrected chi connectivity index (χ1v) is 2.87. The minimum Gasteiger partial charge on any atom is -0.463 e. The highest BCUT2D eigenvalue weighted by Gasteiger charge is 1.99. The van der Waals surface area contributed by atoms with Crippen molar-refractivity contribution in [2.75, 3.05) is 6.61 Å². The maximum atomic E-state index is 10.0. The van der Waals surface area contributed by atoms with E-state index in [-0.39, 0.29) is 11.8 Å². The summed E-state index contributed by atoms with van der Waals surface area (Å²) in [6, 6.07) is 0.213. The third-order valence-electron chi connectivity index (χ3n) is 0.867. The average Bonchev–Trinajstić information content (AvgIpc) is 2.37. The topological polar surface area (TPSA) is 67.9 Å². The smallest absolute Gasteiger partial charge is 0.335 e. The molecule has 1 rings (SSSR count). The third-order valence-corrected chi connectivity index (χ3v) is 0.867. The molecule has 1 aromatic heterocycles. The van der Waals surface area contributed by atoms with Crippen molar-refractivity contribution in [3.05, 3.63) is 5.82 Å². The fourth-order valence-electron chi connectivity index (χ4n) is 0.504. The fourth-order valence-corrected chi connectivity index (χ4v) is 0.504. The fraction of sp³-hybridized carbons (Fsp3) is 0.400. The molecule has 0 atom stereocenters. The maximum Gasteiger partial charge on any atom is 0.335 e. The predicted molar refractivity (Wildman–Crippen MR) is 32.9 cm³/mol. The van der Waals surface area contributed by atoms with E-state index in [0.29, 0.717) is 12.9 Å². The molecule has 0 unspecified atom stereocenters. The molecule has 10 heavy (non-hydrogen) atoms. The van der Waals surface area contributed by atoms with Gasteiger partial charge < -0.3 is 4.74 Å². The van der Waals surface area contributed by atoms with Gasteiger partial charge in [-0.15, -0.1) is 5.10 Å². The zero-order valence-electron chi connectivity index (χ0n) is 5.50. The molecule has 1 heterocycles. The number of aromatic amines is 1. The van der Waals surface area contributed by atoms with Gasteiger partial charge in [0.05, 0.1) is 6.61 Å². The van der Waals surface area contributed by atoms with Gasteiger partial charge in [-0.3, -0.25) is 9.89 Å². The Balaban J connectivity index is 2.68. The van der Waals surface area contributed by atoms with Crippen LogP contribution in [0.1, 0.15) is 17.5 Å². The van der Waals surface area contributed by atoms with E-state index < -0.39 is 0 Å². The lowest BCUT2D eigenvalue weighted by Gasteiger charge is -1.90. The lowest BCUT2D eigenvalue weighted by atomic mass is 10.7. The minimum absolute atomic E-state index is 0.184. The van der Waals surface area contributed by atoms with Gasteiger partial charge in [-0.2, -0.15) is 4.98 Å². The van der Waals surface area contributed by atoms with Crippen LogP contribution >= 0.6 is 0 Å². The molecule has 0 saturated heterocycles. The third kappa shape index (κ3) is 1.31. The minimum atomic E-state index is 0.184. The zero-order valence-corrected chi connectivity index (χ0v) is 5.50. The second-order valence-electron chi connectivity index (χ2n) is 1.55. The first-order chi connectivity index (χ1) is 4.86. The Morgan fingerprint density at radius 3 is 3.10 bits per heavy atom. The number of hydrogen-bond acceptors (Lipinski definition) is 4. The highest BCUT2D eigenvalue weighted by atomic mass is 16.5. The number of H-pyrrole nitrogens is 1. The number of carbonyl (C=O) groups is 1. The summed E-state index contributed by atoms with van der Waals surface area (Å²) in [6.45, 7) is 2.31. The first-order valence-electron chi connectivity index (χ1n) is 2.87. The van der Waals surface area contributed by atoms with E-state index in [0.717, 1.165) is 0 Å². The molecular formula is C5H7N3O2. The molecule has 1 N–H and O–H groups in total. The van der Waals surface area contributed by atoms with Crippen molar-refractivity contribution in [3.8, 4) is 6.01 Å². The van der Waals surface area contributed by atoms with Crippen molar-refractivity contribution in [1.82, 2.24) is 15.2 Å². The lowest BCUT2D eigenvalue weighted by Crippen LogP contribution is -1.92. The second-order valence-corrected chi connectivity index (χ2v) is 1.55. The molecule has 0 fully saturated rings. The van der Waals surface area contributed by atoms with Gasteiger partial charge in [0, 0.05) is 0 Å². The molecule has 0 aromatic carbocycles. The lowest BCUT2D eigenvalue weighted by molar-refractivity contribution is 0.111. The summed E-state index contributed by atoms with van der Waals surface area (Å²) in [5.74, 6) is 0.184. The number of carbonyl (C=O) groups excluding carboxylic acids is 1. The number of aromatic nitrogens is 3. The van der Waals surface area contributed by atoms with Crippen LogP contribution in [-0.2, 0) is 0 Å². The van der Waals surface area contributed by atoms with Crippen molar-refractivity contribution in [2.45, 2.75) is 6.92 Å². The summed E-state index contributed by atoms with van der Waals surface area (Å²) in [5.41, 5.74) is 0. The van der Waals surface area contributed by atoms with Crippen LogP contribution in [0, 0.1) is 0 Å². The maximum absolute atomic E-state index is 10.0. The molecule has 0 bridgehead atoms. The van der Waals surface area contributed by atoms with Crippen molar-refractivity contribution < 1.29 is 9.53 Å². The summed E-state index contributed by atoms with van der Waals surface area (Å²) in [5, 5.41) is 5.97. The number of hydrogen-bond donors (Lipinski definition) is 1. The quantitative estimate of drug-likeness (QED) is 0.602. The Labute approximate surface area is 57.4 Å². The van der Waals surface area contributed by atoms with E-state index in [4.69, 9.17) is 4.74 Å². The van der Waals surface area contributed by atoms with E-state index in [1.165, 1.54) is 0 Å². The number of nitrogens with zero attached hydrogens (tertiary/aromatic N) is 2. The highest BCUT2D eigenvalue weighted by molar-refractivity contribution is 5.68. The van der Waals surface area contributed by atoms with Crippen molar-refractivity contribution in [3.63, 3.8) is 0 Å². The number of ether oxygens (including phenoxy) is 1. The number of aldehydes is 1. The van der Waals surface area contributed by atoms with Crippen LogP contribution < -0.4 is 4.74 Å². The molecule has 0 aliphatic heterocycles. The van der Waals surface area contributed by atoms with Gasteiger partial charge in [0.15, 0.2) is 12.1 Å². The Kier molecular flexibility index (Phi) is 1.99. The summed E-state index contributed by atoms with van der Waals surface area (Å²) in [4.78, 5) is 13.7. The van der Waals surface area contributed by atoms with Crippen LogP contribution in [0.3, 0.4) is 0 Å². The zero-order chi connectivity index (χ0) is 7.40. The van der Waals surface area contributed by atoms with Crippen molar-refractivity contribution in [1.29, 1.82) is 0 Å². The predicted octanol–water partition coefficient (Wildman–Crippen LogP) is 0.0159. The largest absolute Gasteiger partial charge is 0.463 e. The van der Waals surface area contributed by atoms with E-state index in [2.05, 4.69) is 15.2 Å². The highest BCUT2D eigenvalue weighted by Crippen LogP contribution is 1.97. The Morgan fingerprint density at radius 2 is 2.60 bits per heavy atom. The SMILES string of the molecule is CCOc1n[nH]c(C=O)n1. The van der Waals surface area contributed by atoms with Gasteiger partial charge in [0.2, 0.25) is 0 Å². The van der Waals surface area contributed by atoms with Gasteiger partial charge in [-0.05, 0) is 6.92 Å². The van der Waals surface area contributed by atoms with Crippen molar-refractivity contribution in [2.24, 2.45) is 0 Å². The molecular weight excluding hydrogens is 134 g/mol. The Morgan fingerprint density at radius 1 is 1.80 bits per heavy atom. The molecule has 54 valence electrons. The van der Waals surface area contributed by atoms with Gasteiger partial charge >= 0.3 is 6.01 Å². The van der Waals surface area contributed by atoms with E-state index in [1.807, 2.05) is 6.92 Å². The van der Waals surface area contributed by atoms with Crippen LogP contribution in [0.15, 0.2) is 0 Å². The van der Waals surface area contributed by atoms with Gasteiger partial charge in [0.1, 0.15) is 0 Å². The summed E-state index contributed by atoms with van der Waals surface area (Å²) in [6.07, 6.45) is 0.579. The molecule has 5 nitrogen and oxygen atoms in total. The van der Waals surface area contributed by atoms with Crippen LogP contribution in [0.2, 0.25) is 0 Å². The van der Waals surface area contributed by atoms with E-state index in [1.54, 1.807) is 0 Å². The van der Waals surface area contributed by atoms with E-state index >= 15 is 0 Å². The molecule has 0 saturated carbocycles. The molecule has 0 spiro atoms. The molecule has 0 radical (unpaired) electrons. The van der Waals surface area contributed by atoms with Crippen LogP contribution in [0.25, 0.3) is 0 Å². The molecule has 5 heteroatoms. The van der Waals surface area contributed by atoms with Crippen LogP contribution in [0.4, 0.5) is 0 Å². The van der Waals surface area contributed by atoms with Crippen molar-refractivity contribution >= 4 is 6.29 Å². The summed E-state index contributed by atoms with van der Waals surface area (Å²) < 4.78 is 4.88.